The number of benzene rings is 1. The van der Waals surface area contributed by atoms with Gasteiger partial charge >= 0.3 is 6.18 Å². The van der Waals surface area contributed by atoms with Crippen LogP contribution in [0.4, 0.5) is 13.2 Å². The van der Waals surface area contributed by atoms with Gasteiger partial charge in [0.25, 0.3) is 0 Å². The average Bonchev–Trinajstić information content (AvgIpc) is 2.45. The van der Waals surface area contributed by atoms with Crippen LogP contribution in [-0.4, -0.2) is 4.98 Å². The van der Waals surface area contributed by atoms with Crippen LogP contribution in [0.2, 0.25) is 0 Å². The van der Waals surface area contributed by atoms with Crippen molar-refractivity contribution in [3.05, 3.63) is 65.9 Å². The van der Waals surface area contributed by atoms with Crippen LogP contribution in [0, 0.1) is 0 Å². The molecule has 1 nitrogen and oxygen atoms in total. The third-order valence-electron chi connectivity index (χ3n) is 2.95. The van der Waals surface area contributed by atoms with Gasteiger partial charge in [-0.25, -0.2) is 0 Å². The number of rotatable bonds is 3. The van der Waals surface area contributed by atoms with Crippen molar-refractivity contribution < 1.29 is 13.2 Å². The van der Waals surface area contributed by atoms with E-state index in [1.165, 1.54) is 12.1 Å². The van der Waals surface area contributed by atoms with Crippen molar-refractivity contribution >= 4 is 0 Å². The SMILES string of the molecule is C/C=C/Cc1ccc(C(F)(F)F)cc1-c1ccccn1. The van der Waals surface area contributed by atoms with Crippen LogP contribution >= 0.6 is 0 Å². The Morgan fingerprint density at radius 2 is 1.95 bits per heavy atom. The summed E-state index contributed by atoms with van der Waals surface area (Å²) < 4.78 is 38.5. The molecule has 0 atom stereocenters. The molecule has 2 rings (SSSR count). The molecule has 0 aliphatic carbocycles. The molecule has 2 aromatic rings. The lowest BCUT2D eigenvalue weighted by atomic mass is 9.98. The third-order valence-corrected chi connectivity index (χ3v) is 2.95. The van der Waals surface area contributed by atoms with Crippen molar-refractivity contribution in [2.24, 2.45) is 0 Å². The molecule has 104 valence electrons. The van der Waals surface area contributed by atoms with E-state index in [-0.39, 0.29) is 0 Å². The lowest BCUT2D eigenvalue weighted by Crippen LogP contribution is -2.06. The molecule has 20 heavy (non-hydrogen) atoms. The molecular weight excluding hydrogens is 263 g/mol. The van der Waals surface area contributed by atoms with Gasteiger partial charge in [-0.1, -0.05) is 24.3 Å². The highest BCUT2D eigenvalue weighted by molar-refractivity contribution is 5.65. The first-order valence-electron chi connectivity index (χ1n) is 6.25. The number of aromatic nitrogens is 1. The number of alkyl halides is 3. The van der Waals surface area contributed by atoms with Gasteiger partial charge in [0.1, 0.15) is 0 Å². The smallest absolute Gasteiger partial charge is 0.256 e. The van der Waals surface area contributed by atoms with E-state index in [2.05, 4.69) is 4.98 Å². The number of hydrogen-bond acceptors (Lipinski definition) is 1. The zero-order valence-corrected chi connectivity index (χ0v) is 11.0. The molecular formula is C16H14F3N. The molecule has 0 N–H and O–H groups in total. The van der Waals surface area contributed by atoms with Crippen LogP contribution in [0.3, 0.4) is 0 Å². The number of hydrogen-bond donors (Lipinski definition) is 0. The number of nitrogens with zero attached hydrogens (tertiary/aromatic N) is 1. The molecule has 1 aromatic heterocycles. The van der Waals surface area contributed by atoms with Gasteiger partial charge in [-0.3, -0.25) is 4.98 Å². The summed E-state index contributed by atoms with van der Waals surface area (Å²) in [5.74, 6) is 0. The molecule has 4 heteroatoms. The van der Waals surface area contributed by atoms with Gasteiger partial charge in [-0.2, -0.15) is 13.2 Å². The second-order valence-electron chi connectivity index (χ2n) is 4.36. The van der Waals surface area contributed by atoms with E-state index in [1.807, 2.05) is 19.1 Å². The Hall–Kier alpha value is -2.10. The fourth-order valence-corrected chi connectivity index (χ4v) is 1.94. The summed E-state index contributed by atoms with van der Waals surface area (Å²) in [6.07, 6.45) is 1.60. The van der Waals surface area contributed by atoms with Crippen LogP contribution in [0.1, 0.15) is 18.1 Å². The number of pyridine rings is 1. The van der Waals surface area contributed by atoms with Gasteiger partial charge in [0.2, 0.25) is 0 Å². The normalized spacial score (nSPS) is 12.0. The Balaban J connectivity index is 2.54. The predicted molar refractivity (Wildman–Crippen MR) is 73.2 cm³/mol. The van der Waals surface area contributed by atoms with Gasteiger partial charge in [0.05, 0.1) is 11.3 Å². The molecule has 0 radical (unpaired) electrons. The maximum Gasteiger partial charge on any atom is 0.416 e. The van der Waals surface area contributed by atoms with Crippen LogP contribution in [0.5, 0.6) is 0 Å². The van der Waals surface area contributed by atoms with E-state index in [1.54, 1.807) is 24.4 Å². The van der Waals surface area contributed by atoms with Crippen LogP contribution < -0.4 is 0 Å². The maximum absolute atomic E-state index is 12.8. The van der Waals surface area contributed by atoms with Crippen molar-refractivity contribution in [2.45, 2.75) is 19.5 Å². The lowest BCUT2D eigenvalue weighted by molar-refractivity contribution is -0.137. The van der Waals surface area contributed by atoms with Crippen molar-refractivity contribution in [1.29, 1.82) is 0 Å². The zero-order chi connectivity index (χ0) is 14.6. The topological polar surface area (TPSA) is 12.9 Å². The summed E-state index contributed by atoms with van der Waals surface area (Å²) in [6, 6.07) is 9.03. The van der Waals surface area contributed by atoms with Crippen LogP contribution in [-0.2, 0) is 12.6 Å². The molecule has 0 unspecified atom stereocenters. The third kappa shape index (κ3) is 3.26. The van der Waals surface area contributed by atoms with E-state index in [4.69, 9.17) is 0 Å². The van der Waals surface area contributed by atoms with Gasteiger partial charge in [0.15, 0.2) is 0 Å². The van der Waals surface area contributed by atoms with E-state index >= 15 is 0 Å². The summed E-state index contributed by atoms with van der Waals surface area (Å²) in [5.41, 5.74) is 1.26. The van der Waals surface area contributed by atoms with Crippen molar-refractivity contribution in [1.82, 2.24) is 4.98 Å². The first-order chi connectivity index (χ1) is 9.52. The second kappa shape index (κ2) is 5.90. The first kappa shape index (κ1) is 14.3. The summed E-state index contributed by atoms with van der Waals surface area (Å²) in [4.78, 5) is 4.15. The van der Waals surface area contributed by atoms with E-state index in [0.29, 0.717) is 17.7 Å². The Morgan fingerprint density at radius 1 is 1.15 bits per heavy atom. The minimum absolute atomic E-state index is 0.526. The molecule has 0 amide bonds. The lowest BCUT2D eigenvalue weighted by Gasteiger charge is -2.12. The number of halogens is 3. The Kier molecular flexibility index (Phi) is 4.23. The standard InChI is InChI=1S/C16H14F3N/c1-2-3-6-12-8-9-13(16(17,18)19)11-14(12)15-7-4-5-10-20-15/h2-5,7-11H,6H2,1H3/b3-2+. The minimum Gasteiger partial charge on any atom is -0.256 e. The van der Waals surface area contributed by atoms with E-state index in [9.17, 15) is 13.2 Å². The Morgan fingerprint density at radius 3 is 2.55 bits per heavy atom. The molecule has 0 aliphatic heterocycles. The highest BCUT2D eigenvalue weighted by atomic mass is 19.4. The highest BCUT2D eigenvalue weighted by Gasteiger charge is 2.31. The highest BCUT2D eigenvalue weighted by Crippen LogP contribution is 2.33. The molecule has 0 bridgehead atoms. The van der Waals surface area contributed by atoms with Gasteiger partial charge in [-0.05, 0) is 43.2 Å². The Labute approximate surface area is 115 Å². The van der Waals surface area contributed by atoms with Crippen LogP contribution in [0.15, 0.2) is 54.7 Å². The monoisotopic (exact) mass is 277 g/mol. The summed E-state index contributed by atoms with van der Waals surface area (Å²) in [7, 11) is 0. The first-order valence-corrected chi connectivity index (χ1v) is 6.25. The summed E-state index contributed by atoms with van der Waals surface area (Å²) in [5, 5.41) is 0. The predicted octanol–water partition coefficient (Wildman–Crippen LogP) is 4.89. The summed E-state index contributed by atoms with van der Waals surface area (Å²) in [6.45, 7) is 1.88. The minimum atomic E-state index is -4.34. The zero-order valence-electron chi connectivity index (χ0n) is 11.0. The fourth-order valence-electron chi connectivity index (χ4n) is 1.94. The van der Waals surface area contributed by atoms with Crippen LogP contribution in [0.25, 0.3) is 11.3 Å². The summed E-state index contributed by atoms with van der Waals surface area (Å²) >= 11 is 0. The van der Waals surface area contributed by atoms with E-state index < -0.39 is 11.7 Å². The fraction of sp³-hybridized carbons (Fsp3) is 0.188. The van der Waals surface area contributed by atoms with Gasteiger partial charge in [0, 0.05) is 11.8 Å². The van der Waals surface area contributed by atoms with Crippen molar-refractivity contribution in [3.63, 3.8) is 0 Å². The van der Waals surface area contributed by atoms with Gasteiger partial charge in [-0.15, -0.1) is 0 Å². The molecule has 0 spiro atoms. The molecule has 1 aromatic carbocycles. The molecule has 0 aliphatic rings. The largest absolute Gasteiger partial charge is 0.416 e. The van der Waals surface area contributed by atoms with Crippen molar-refractivity contribution in [2.75, 3.05) is 0 Å². The quantitative estimate of drug-likeness (QED) is 0.728. The van der Waals surface area contributed by atoms with Gasteiger partial charge < -0.3 is 0 Å². The molecule has 1 heterocycles. The molecule has 0 saturated heterocycles. The van der Waals surface area contributed by atoms with Crippen molar-refractivity contribution in [3.8, 4) is 11.3 Å². The Bertz CT molecular complexity index is 601. The maximum atomic E-state index is 12.8. The molecule has 0 saturated carbocycles. The molecule has 0 fully saturated rings. The number of allylic oxidation sites excluding steroid dienone is 2. The average molecular weight is 277 g/mol. The second-order valence-corrected chi connectivity index (χ2v) is 4.36. The van der Waals surface area contributed by atoms with E-state index in [0.717, 1.165) is 11.6 Å².